The lowest BCUT2D eigenvalue weighted by molar-refractivity contribution is 0.899. The van der Waals surface area contributed by atoms with Gasteiger partial charge < -0.3 is 5.32 Å². The van der Waals surface area contributed by atoms with Crippen molar-refractivity contribution in [2.75, 3.05) is 5.32 Å². The fourth-order valence-corrected chi connectivity index (χ4v) is 1.26. The third kappa shape index (κ3) is 2.79. The Morgan fingerprint density at radius 3 is 2.54 bits per heavy atom. The Bertz CT molecular complexity index is 334. The van der Waals surface area contributed by atoms with Gasteiger partial charge in [0.05, 0.1) is 11.6 Å². The molecule has 1 aromatic carbocycles. The third-order valence-corrected chi connectivity index (χ3v) is 1.66. The molecule has 0 atom stereocenters. The molecule has 0 spiro atoms. The first-order valence-electron chi connectivity index (χ1n) is 4.40. The third-order valence-electron chi connectivity index (χ3n) is 1.66. The molecule has 0 fully saturated rings. The van der Waals surface area contributed by atoms with Gasteiger partial charge in [0, 0.05) is 11.7 Å². The number of nitrogens with zero attached hydrogens (tertiary/aromatic N) is 1. The van der Waals surface area contributed by atoms with Gasteiger partial charge in [0.25, 0.3) is 0 Å². The molecular weight excluding hydrogens is 160 g/mol. The Labute approximate surface area is 79.2 Å². The smallest absolute Gasteiger partial charge is 0.0992 e. The van der Waals surface area contributed by atoms with Crippen LogP contribution >= 0.6 is 0 Å². The number of benzene rings is 1. The highest BCUT2D eigenvalue weighted by atomic mass is 14.9. The largest absolute Gasteiger partial charge is 0.383 e. The summed E-state index contributed by atoms with van der Waals surface area (Å²) in [5.41, 5.74) is 2.84. The number of nitriles is 1. The zero-order valence-electron chi connectivity index (χ0n) is 8.26. The quantitative estimate of drug-likeness (QED) is 0.748. The van der Waals surface area contributed by atoms with Crippen molar-refractivity contribution < 1.29 is 0 Å². The summed E-state index contributed by atoms with van der Waals surface area (Å²) in [6.45, 7) is 6.15. The molecule has 0 aliphatic carbocycles. The highest BCUT2D eigenvalue weighted by molar-refractivity contribution is 5.52. The number of aryl methyl sites for hydroxylation is 1. The van der Waals surface area contributed by atoms with Crippen LogP contribution in [0.1, 0.15) is 25.0 Å². The van der Waals surface area contributed by atoms with E-state index in [-0.39, 0.29) is 0 Å². The molecular formula is C11H14N2. The van der Waals surface area contributed by atoms with Gasteiger partial charge in [0.15, 0.2) is 0 Å². The van der Waals surface area contributed by atoms with Crippen molar-refractivity contribution in [1.82, 2.24) is 0 Å². The maximum absolute atomic E-state index is 8.74. The lowest BCUT2D eigenvalue weighted by Crippen LogP contribution is -2.09. The zero-order valence-corrected chi connectivity index (χ0v) is 8.26. The van der Waals surface area contributed by atoms with Crippen LogP contribution in [-0.4, -0.2) is 6.04 Å². The maximum atomic E-state index is 8.74. The highest BCUT2D eigenvalue weighted by Crippen LogP contribution is 2.14. The summed E-state index contributed by atoms with van der Waals surface area (Å²) in [6.07, 6.45) is 0. The molecule has 0 aromatic heterocycles. The molecule has 1 N–H and O–H groups in total. The van der Waals surface area contributed by atoms with Crippen molar-refractivity contribution in [3.05, 3.63) is 29.3 Å². The molecule has 13 heavy (non-hydrogen) atoms. The molecule has 0 saturated carbocycles. The minimum Gasteiger partial charge on any atom is -0.383 e. The zero-order chi connectivity index (χ0) is 9.84. The van der Waals surface area contributed by atoms with E-state index in [0.717, 1.165) is 11.3 Å². The minimum absolute atomic E-state index is 0.397. The topological polar surface area (TPSA) is 35.8 Å². The number of anilines is 1. The monoisotopic (exact) mass is 174 g/mol. The Morgan fingerprint density at radius 1 is 1.31 bits per heavy atom. The van der Waals surface area contributed by atoms with E-state index in [1.807, 2.05) is 25.1 Å². The molecule has 0 bridgehead atoms. The van der Waals surface area contributed by atoms with E-state index in [2.05, 4.69) is 25.2 Å². The molecule has 0 heterocycles. The van der Waals surface area contributed by atoms with Crippen LogP contribution in [0.25, 0.3) is 0 Å². The van der Waals surface area contributed by atoms with Crippen molar-refractivity contribution in [1.29, 1.82) is 5.26 Å². The molecule has 0 aliphatic heterocycles. The molecule has 0 aliphatic rings. The number of rotatable bonds is 2. The second-order valence-electron chi connectivity index (χ2n) is 3.50. The van der Waals surface area contributed by atoms with E-state index in [9.17, 15) is 0 Å². The van der Waals surface area contributed by atoms with Crippen LogP contribution < -0.4 is 5.32 Å². The normalized spacial score (nSPS) is 9.77. The van der Waals surface area contributed by atoms with Gasteiger partial charge in [-0.05, 0) is 44.5 Å². The van der Waals surface area contributed by atoms with Gasteiger partial charge in [0.2, 0.25) is 0 Å². The van der Waals surface area contributed by atoms with Gasteiger partial charge in [-0.3, -0.25) is 0 Å². The maximum Gasteiger partial charge on any atom is 0.0992 e. The lowest BCUT2D eigenvalue weighted by Gasteiger charge is -2.10. The van der Waals surface area contributed by atoms with E-state index < -0.39 is 0 Å². The van der Waals surface area contributed by atoms with Crippen LogP contribution in [0, 0.1) is 18.3 Å². The Hall–Kier alpha value is -1.49. The first-order chi connectivity index (χ1) is 6.11. The van der Waals surface area contributed by atoms with Gasteiger partial charge in [-0.1, -0.05) is 0 Å². The fraction of sp³-hybridized carbons (Fsp3) is 0.364. The van der Waals surface area contributed by atoms with Crippen molar-refractivity contribution in [2.45, 2.75) is 26.8 Å². The molecule has 1 aromatic rings. The predicted molar refractivity (Wildman–Crippen MR) is 54.7 cm³/mol. The number of nitrogens with one attached hydrogen (secondary N) is 1. The molecule has 2 nitrogen and oxygen atoms in total. The van der Waals surface area contributed by atoms with Gasteiger partial charge >= 0.3 is 0 Å². The molecule has 68 valence electrons. The van der Waals surface area contributed by atoms with E-state index in [4.69, 9.17) is 5.26 Å². The first kappa shape index (κ1) is 9.60. The number of hydrogen-bond acceptors (Lipinski definition) is 2. The summed E-state index contributed by atoms with van der Waals surface area (Å²) < 4.78 is 0. The molecule has 0 saturated heterocycles. The van der Waals surface area contributed by atoms with Crippen molar-refractivity contribution in [2.24, 2.45) is 0 Å². The van der Waals surface area contributed by atoms with Gasteiger partial charge in [0.1, 0.15) is 0 Å². The standard InChI is InChI=1S/C11H14N2/c1-8(2)13-11-5-9(3)4-10(6-11)7-12/h4-6,8,13H,1-3H3. The average Bonchev–Trinajstić information content (AvgIpc) is 2.01. The van der Waals surface area contributed by atoms with Crippen LogP contribution in [0.2, 0.25) is 0 Å². The Morgan fingerprint density at radius 2 is 2.00 bits per heavy atom. The van der Waals surface area contributed by atoms with Gasteiger partial charge in [-0.25, -0.2) is 0 Å². The van der Waals surface area contributed by atoms with E-state index >= 15 is 0 Å². The molecule has 0 radical (unpaired) electrons. The van der Waals surface area contributed by atoms with Crippen LogP contribution in [-0.2, 0) is 0 Å². The van der Waals surface area contributed by atoms with Crippen LogP contribution in [0.4, 0.5) is 5.69 Å². The van der Waals surface area contributed by atoms with Gasteiger partial charge in [-0.2, -0.15) is 5.26 Å². The predicted octanol–water partition coefficient (Wildman–Crippen LogP) is 2.69. The lowest BCUT2D eigenvalue weighted by atomic mass is 10.1. The van der Waals surface area contributed by atoms with Crippen molar-refractivity contribution in [3.8, 4) is 6.07 Å². The molecule has 2 heteroatoms. The van der Waals surface area contributed by atoms with Crippen LogP contribution in [0.5, 0.6) is 0 Å². The fourth-order valence-electron chi connectivity index (χ4n) is 1.26. The summed E-state index contributed by atoms with van der Waals surface area (Å²) in [5, 5.41) is 12.0. The molecule has 0 amide bonds. The first-order valence-corrected chi connectivity index (χ1v) is 4.40. The summed E-state index contributed by atoms with van der Waals surface area (Å²) in [7, 11) is 0. The van der Waals surface area contributed by atoms with Crippen molar-refractivity contribution in [3.63, 3.8) is 0 Å². The second-order valence-corrected chi connectivity index (χ2v) is 3.50. The minimum atomic E-state index is 0.397. The SMILES string of the molecule is Cc1cc(C#N)cc(NC(C)C)c1. The van der Waals surface area contributed by atoms with Crippen LogP contribution in [0.3, 0.4) is 0 Å². The summed E-state index contributed by atoms with van der Waals surface area (Å²) in [6, 6.07) is 8.33. The number of hydrogen-bond donors (Lipinski definition) is 1. The summed E-state index contributed by atoms with van der Waals surface area (Å²) in [5.74, 6) is 0. The summed E-state index contributed by atoms with van der Waals surface area (Å²) in [4.78, 5) is 0. The highest BCUT2D eigenvalue weighted by Gasteiger charge is 1.98. The van der Waals surface area contributed by atoms with E-state index in [0.29, 0.717) is 11.6 Å². The van der Waals surface area contributed by atoms with E-state index in [1.165, 1.54) is 0 Å². The van der Waals surface area contributed by atoms with Gasteiger partial charge in [-0.15, -0.1) is 0 Å². The average molecular weight is 174 g/mol. The molecule has 0 unspecified atom stereocenters. The Balaban J connectivity index is 2.96. The summed E-state index contributed by atoms with van der Waals surface area (Å²) >= 11 is 0. The van der Waals surface area contributed by atoms with E-state index in [1.54, 1.807) is 0 Å². The Kier molecular flexibility index (Phi) is 2.92. The van der Waals surface area contributed by atoms with Crippen molar-refractivity contribution >= 4 is 5.69 Å². The molecule has 1 rings (SSSR count). The van der Waals surface area contributed by atoms with Crippen LogP contribution in [0.15, 0.2) is 18.2 Å². The second kappa shape index (κ2) is 3.95.